The molecule has 1 N–H and O–H groups in total. The summed E-state index contributed by atoms with van der Waals surface area (Å²) in [4.78, 5) is 21.3. The van der Waals surface area contributed by atoms with E-state index in [1.807, 2.05) is 19.1 Å². The second-order valence-electron chi connectivity index (χ2n) is 16.4. The molecule has 1 amide bonds. The van der Waals surface area contributed by atoms with E-state index in [0.717, 1.165) is 109 Å². The number of nitrogens with one attached hydrogen (secondary N) is 1. The lowest BCUT2D eigenvalue weighted by molar-refractivity contribution is -0.0789. The van der Waals surface area contributed by atoms with Gasteiger partial charge in [-0.25, -0.2) is 13.1 Å². The van der Waals surface area contributed by atoms with Gasteiger partial charge in [0, 0.05) is 57.3 Å². The second kappa shape index (κ2) is 16.1. The molecule has 0 aromatic heterocycles. The fourth-order valence-corrected chi connectivity index (χ4v) is 11.1. The lowest BCUT2D eigenvalue weighted by atomic mass is 9.65. The zero-order valence-corrected chi connectivity index (χ0v) is 32.5. The molecular weight excluding hydrogens is 684 g/mol. The minimum Gasteiger partial charge on any atom is -0.491 e. The predicted molar refractivity (Wildman–Crippen MR) is 204 cm³/mol. The van der Waals surface area contributed by atoms with Crippen molar-refractivity contribution in [3.05, 3.63) is 47.1 Å². The first-order valence-corrected chi connectivity index (χ1v) is 21.7. The number of benzene rings is 1. The number of allylic oxidation sites excluding steroid dienone is 3. The van der Waals surface area contributed by atoms with Gasteiger partial charge in [0.25, 0.3) is 5.91 Å². The van der Waals surface area contributed by atoms with E-state index < -0.39 is 21.2 Å². The van der Waals surface area contributed by atoms with Gasteiger partial charge >= 0.3 is 0 Å². The molecular formula is C40H59ClN4O5S. The maximum absolute atomic E-state index is 13.6. The molecule has 51 heavy (non-hydrogen) atoms. The predicted octanol–water partition coefficient (Wildman–Crippen LogP) is 6.09. The van der Waals surface area contributed by atoms with Gasteiger partial charge in [-0.15, -0.1) is 11.6 Å². The number of sulfonamides is 1. The van der Waals surface area contributed by atoms with Crippen LogP contribution in [0.3, 0.4) is 0 Å². The zero-order chi connectivity index (χ0) is 35.7. The Bertz CT molecular complexity index is 1570. The number of carbonyl (C=O) groups excluding carboxylic acids is 1. The molecule has 2 aliphatic carbocycles. The van der Waals surface area contributed by atoms with Crippen molar-refractivity contribution in [1.82, 2.24) is 14.5 Å². The molecule has 4 heterocycles. The van der Waals surface area contributed by atoms with Crippen molar-refractivity contribution in [1.29, 1.82) is 0 Å². The van der Waals surface area contributed by atoms with Crippen LogP contribution in [0.1, 0.15) is 82.5 Å². The largest absolute Gasteiger partial charge is 0.491 e. The highest BCUT2D eigenvalue weighted by Gasteiger charge is 2.41. The SMILES string of the molecule is CCCC1=C(C2COc3ccc4cc3N(C2)CC2CCC2C(CN2CCN(C3COC3)CC2)CCCC(C)C(C)S(=O)(=O)NC4=O)C=CC(Cl)C1. The van der Waals surface area contributed by atoms with Gasteiger partial charge in [0.2, 0.25) is 10.0 Å². The van der Waals surface area contributed by atoms with E-state index in [1.54, 1.807) is 13.0 Å². The third-order valence-corrected chi connectivity index (χ3v) is 15.3. The Labute approximate surface area is 311 Å². The maximum Gasteiger partial charge on any atom is 0.264 e. The Hall–Kier alpha value is -2.11. The van der Waals surface area contributed by atoms with Crippen molar-refractivity contribution in [2.45, 2.75) is 88.8 Å². The molecule has 7 rings (SSSR count). The molecule has 0 spiro atoms. The topological polar surface area (TPSA) is 91.4 Å². The van der Waals surface area contributed by atoms with Crippen LogP contribution >= 0.6 is 11.6 Å². The van der Waals surface area contributed by atoms with Crippen molar-refractivity contribution < 1.29 is 22.7 Å². The Morgan fingerprint density at radius 1 is 1.00 bits per heavy atom. The van der Waals surface area contributed by atoms with E-state index in [2.05, 4.69) is 38.5 Å². The quantitative estimate of drug-likeness (QED) is 0.351. The van der Waals surface area contributed by atoms with Gasteiger partial charge in [0.1, 0.15) is 5.75 Å². The number of amides is 1. The van der Waals surface area contributed by atoms with Crippen LogP contribution in [0.4, 0.5) is 5.69 Å². The number of hydrogen-bond acceptors (Lipinski definition) is 8. The molecule has 9 nitrogen and oxygen atoms in total. The third-order valence-electron chi connectivity index (χ3n) is 13.1. The molecule has 4 aliphatic heterocycles. The van der Waals surface area contributed by atoms with Gasteiger partial charge in [-0.2, -0.15) is 0 Å². The number of hydrogen-bond donors (Lipinski definition) is 1. The van der Waals surface area contributed by atoms with Gasteiger partial charge < -0.3 is 19.3 Å². The van der Waals surface area contributed by atoms with Crippen LogP contribution in [0, 0.1) is 29.6 Å². The van der Waals surface area contributed by atoms with Gasteiger partial charge in [0.15, 0.2) is 0 Å². The molecule has 1 aromatic rings. The molecule has 2 bridgehead atoms. The Morgan fingerprint density at radius 3 is 2.51 bits per heavy atom. The highest BCUT2D eigenvalue weighted by Crippen LogP contribution is 2.45. The van der Waals surface area contributed by atoms with Crippen molar-refractivity contribution in [2.75, 3.05) is 70.5 Å². The number of rotatable bonds is 6. The Kier molecular flexibility index (Phi) is 11.7. The van der Waals surface area contributed by atoms with Crippen molar-refractivity contribution in [3.63, 3.8) is 0 Å². The van der Waals surface area contributed by atoms with E-state index in [0.29, 0.717) is 36.0 Å². The van der Waals surface area contributed by atoms with Gasteiger partial charge in [-0.05, 0) is 92.9 Å². The average molecular weight is 743 g/mol. The molecule has 11 heteroatoms. The summed E-state index contributed by atoms with van der Waals surface area (Å²) in [5, 5.41) is -0.649. The van der Waals surface area contributed by atoms with Gasteiger partial charge in [0.05, 0.1) is 42.2 Å². The van der Waals surface area contributed by atoms with E-state index in [1.165, 1.54) is 24.0 Å². The maximum atomic E-state index is 13.6. The summed E-state index contributed by atoms with van der Waals surface area (Å²) in [5.41, 5.74) is 4.01. The normalized spacial score (nSPS) is 34.1. The molecule has 1 saturated carbocycles. The fraction of sp³-hybridized carbons (Fsp3) is 0.725. The number of carbonyl (C=O) groups is 1. The number of nitrogens with zero attached hydrogens (tertiary/aromatic N) is 3. The summed E-state index contributed by atoms with van der Waals surface area (Å²) in [5.74, 6) is 2.03. The minimum absolute atomic E-state index is 0.0214. The van der Waals surface area contributed by atoms with E-state index in [4.69, 9.17) is 21.1 Å². The second-order valence-corrected chi connectivity index (χ2v) is 19.0. The van der Waals surface area contributed by atoms with Gasteiger partial charge in [-0.3, -0.25) is 9.69 Å². The van der Waals surface area contributed by atoms with Gasteiger partial charge in [-0.1, -0.05) is 44.4 Å². The summed E-state index contributed by atoms with van der Waals surface area (Å²) >= 11 is 6.62. The first-order chi connectivity index (χ1) is 24.6. The Balaban J connectivity index is 1.18. The summed E-state index contributed by atoms with van der Waals surface area (Å²) in [6.07, 6.45) is 12.7. The molecule has 7 unspecified atom stereocenters. The standard InChI is InChI=1S/C40H59ClN4O5S/c1-4-6-29-19-34(41)11-13-36(29)33-23-45-22-32-9-12-37(32)31(21-43-15-17-44(18-16-43)35-25-49-26-35)8-5-7-27(2)28(3)51(47,48)42-40(46)30-10-14-39(50-24-33)38(45)20-30/h10-11,13-14,20,27-28,31-35,37H,4-9,12,15-19,21-26H2,1-3H3,(H,42,46). The van der Waals surface area contributed by atoms with Crippen molar-refractivity contribution in [3.8, 4) is 5.75 Å². The van der Waals surface area contributed by atoms with E-state index in [-0.39, 0.29) is 17.2 Å². The van der Waals surface area contributed by atoms with Crippen LogP contribution < -0.4 is 14.4 Å². The summed E-state index contributed by atoms with van der Waals surface area (Å²) in [6, 6.07) is 6.03. The lowest BCUT2D eigenvalue weighted by Crippen LogP contribution is -2.57. The van der Waals surface area contributed by atoms with E-state index in [9.17, 15) is 13.2 Å². The molecule has 7 atom stereocenters. The number of fused-ring (bicyclic) bond motifs is 2. The van der Waals surface area contributed by atoms with Crippen LogP contribution in [0.25, 0.3) is 0 Å². The average Bonchev–Trinajstić information content (AvgIpc) is 3.25. The third kappa shape index (κ3) is 8.35. The lowest BCUT2D eigenvalue weighted by Gasteiger charge is -2.48. The van der Waals surface area contributed by atoms with Crippen LogP contribution in [0.5, 0.6) is 5.75 Å². The number of alkyl halides is 1. The molecule has 2 saturated heterocycles. The fourth-order valence-electron chi connectivity index (χ4n) is 9.48. The summed E-state index contributed by atoms with van der Waals surface area (Å²) in [6.45, 7) is 15.5. The Morgan fingerprint density at radius 2 is 1.80 bits per heavy atom. The molecule has 3 fully saturated rings. The molecule has 1 aromatic carbocycles. The molecule has 6 aliphatic rings. The van der Waals surface area contributed by atoms with Crippen LogP contribution in [-0.4, -0.2) is 106 Å². The van der Waals surface area contributed by atoms with Crippen LogP contribution in [0.15, 0.2) is 41.5 Å². The number of ether oxygens (including phenoxy) is 2. The van der Waals surface area contributed by atoms with E-state index >= 15 is 0 Å². The smallest absolute Gasteiger partial charge is 0.264 e. The summed E-state index contributed by atoms with van der Waals surface area (Å²) in [7, 11) is -3.86. The first kappa shape index (κ1) is 37.2. The van der Waals surface area contributed by atoms with Crippen molar-refractivity contribution >= 4 is 33.2 Å². The highest BCUT2D eigenvalue weighted by atomic mass is 35.5. The highest BCUT2D eigenvalue weighted by molar-refractivity contribution is 7.90. The minimum atomic E-state index is -3.86. The number of anilines is 1. The summed E-state index contributed by atoms with van der Waals surface area (Å²) < 4.78 is 41.5. The van der Waals surface area contributed by atoms with Crippen LogP contribution in [0.2, 0.25) is 0 Å². The van der Waals surface area contributed by atoms with Crippen molar-refractivity contribution in [2.24, 2.45) is 29.6 Å². The number of halogens is 1. The first-order valence-electron chi connectivity index (χ1n) is 19.8. The molecule has 282 valence electrons. The van der Waals surface area contributed by atoms with Crippen LogP contribution in [-0.2, 0) is 14.8 Å². The zero-order valence-electron chi connectivity index (χ0n) is 30.9. The monoisotopic (exact) mass is 742 g/mol. The number of piperazine rings is 1. The molecule has 0 radical (unpaired) electrons.